The molecular weight excluding hydrogens is 322 g/mol. The van der Waals surface area contributed by atoms with E-state index in [2.05, 4.69) is 15.9 Å². The van der Waals surface area contributed by atoms with Crippen LogP contribution in [0.15, 0.2) is 22.7 Å². The lowest BCUT2D eigenvalue weighted by Crippen LogP contribution is -2.43. The molecule has 1 saturated heterocycles. The summed E-state index contributed by atoms with van der Waals surface area (Å²) in [5, 5.41) is 9.19. The summed E-state index contributed by atoms with van der Waals surface area (Å²) in [6.45, 7) is 3.58. The summed E-state index contributed by atoms with van der Waals surface area (Å²) in [5.41, 5.74) is 1.14. The molecule has 0 aromatic heterocycles. The molecule has 1 aliphatic heterocycles. The fourth-order valence-electron chi connectivity index (χ4n) is 2.39. The molecule has 1 amide bonds. The number of ether oxygens (including phenoxy) is 1. The number of aliphatic hydroxyl groups is 1. The summed E-state index contributed by atoms with van der Waals surface area (Å²) in [7, 11) is 0. The van der Waals surface area contributed by atoms with Crippen molar-refractivity contribution < 1.29 is 14.6 Å². The van der Waals surface area contributed by atoms with E-state index in [-0.39, 0.29) is 25.0 Å². The van der Waals surface area contributed by atoms with Crippen molar-refractivity contribution in [3.8, 4) is 5.75 Å². The Kier molecular flexibility index (Phi) is 5.43. The Bertz CT molecular complexity index is 478. The van der Waals surface area contributed by atoms with Crippen molar-refractivity contribution >= 4 is 21.8 Å². The highest BCUT2D eigenvalue weighted by molar-refractivity contribution is 9.10. The minimum absolute atomic E-state index is 0.0179. The summed E-state index contributed by atoms with van der Waals surface area (Å²) in [5.74, 6) is 0.870. The average Bonchev–Trinajstić information content (AvgIpc) is 2.46. The standard InChI is InChI=1S/C15H20BrNO3/c1-11-4-5-14(13(16)7-11)20-10-15(19)17-6-2-3-12(8-17)9-18/h4-5,7,12,18H,2-3,6,8-10H2,1H3. The molecule has 1 aliphatic rings. The molecule has 0 aliphatic carbocycles. The van der Waals surface area contributed by atoms with Crippen molar-refractivity contribution in [2.45, 2.75) is 19.8 Å². The topological polar surface area (TPSA) is 49.8 Å². The van der Waals surface area contributed by atoms with E-state index in [0.717, 1.165) is 29.4 Å². The predicted octanol–water partition coefficient (Wildman–Crippen LogP) is 2.37. The van der Waals surface area contributed by atoms with Gasteiger partial charge >= 0.3 is 0 Å². The van der Waals surface area contributed by atoms with Crippen LogP contribution in [-0.4, -0.2) is 42.2 Å². The third-order valence-electron chi connectivity index (χ3n) is 3.57. The highest BCUT2D eigenvalue weighted by atomic mass is 79.9. The third-order valence-corrected chi connectivity index (χ3v) is 4.19. The van der Waals surface area contributed by atoms with Gasteiger partial charge in [0.2, 0.25) is 0 Å². The molecule has 0 bridgehead atoms. The van der Waals surface area contributed by atoms with Gasteiger partial charge in [-0.3, -0.25) is 4.79 Å². The van der Waals surface area contributed by atoms with Gasteiger partial charge < -0.3 is 14.7 Å². The summed E-state index contributed by atoms with van der Waals surface area (Å²) >= 11 is 3.43. The lowest BCUT2D eigenvalue weighted by atomic mass is 9.99. The first-order chi connectivity index (χ1) is 9.60. The number of nitrogens with zero attached hydrogens (tertiary/aromatic N) is 1. The first-order valence-corrected chi connectivity index (χ1v) is 7.67. The van der Waals surface area contributed by atoms with E-state index >= 15 is 0 Å². The number of hydrogen-bond donors (Lipinski definition) is 1. The van der Waals surface area contributed by atoms with Crippen LogP contribution in [0.1, 0.15) is 18.4 Å². The van der Waals surface area contributed by atoms with Crippen LogP contribution >= 0.6 is 15.9 Å². The van der Waals surface area contributed by atoms with E-state index in [1.165, 1.54) is 0 Å². The van der Waals surface area contributed by atoms with Crippen LogP contribution in [0.3, 0.4) is 0 Å². The molecule has 4 nitrogen and oxygen atoms in total. The predicted molar refractivity (Wildman–Crippen MR) is 80.8 cm³/mol. The molecule has 2 rings (SSSR count). The van der Waals surface area contributed by atoms with Gasteiger partial charge in [-0.25, -0.2) is 0 Å². The van der Waals surface area contributed by atoms with Crippen LogP contribution < -0.4 is 4.74 Å². The van der Waals surface area contributed by atoms with Gasteiger partial charge in [0.05, 0.1) is 4.47 Å². The zero-order valence-electron chi connectivity index (χ0n) is 11.6. The van der Waals surface area contributed by atoms with Crippen LogP contribution in [0.25, 0.3) is 0 Å². The molecule has 1 N–H and O–H groups in total. The lowest BCUT2D eigenvalue weighted by Gasteiger charge is -2.31. The van der Waals surface area contributed by atoms with Gasteiger partial charge in [0.15, 0.2) is 6.61 Å². The summed E-state index contributed by atoms with van der Waals surface area (Å²) < 4.78 is 6.43. The van der Waals surface area contributed by atoms with E-state index in [4.69, 9.17) is 4.74 Å². The monoisotopic (exact) mass is 341 g/mol. The number of aryl methyl sites for hydroxylation is 1. The van der Waals surface area contributed by atoms with E-state index in [1.54, 1.807) is 4.90 Å². The second-order valence-corrected chi connectivity index (χ2v) is 6.11. The van der Waals surface area contributed by atoms with Gasteiger partial charge in [-0.05, 0) is 59.3 Å². The largest absolute Gasteiger partial charge is 0.483 e. The zero-order valence-corrected chi connectivity index (χ0v) is 13.2. The fourth-order valence-corrected chi connectivity index (χ4v) is 3.00. The van der Waals surface area contributed by atoms with Crippen molar-refractivity contribution in [3.63, 3.8) is 0 Å². The number of carbonyl (C=O) groups excluding carboxylic acids is 1. The van der Waals surface area contributed by atoms with Crippen molar-refractivity contribution in [1.29, 1.82) is 0 Å². The SMILES string of the molecule is Cc1ccc(OCC(=O)N2CCCC(CO)C2)c(Br)c1. The number of carbonyl (C=O) groups is 1. The molecule has 1 atom stereocenters. The van der Waals surface area contributed by atoms with Gasteiger partial charge in [0.25, 0.3) is 5.91 Å². The van der Waals surface area contributed by atoms with Crippen LogP contribution in [0.2, 0.25) is 0 Å². The fraction of sp³-hybridized carbons (Fsp3) is 0.533. The molecule has 1 aromatic rings. The Morgan fingerprint density at radius 2 is 2.35 bits per heavy atom. The quantitative estimate of drug-likeness (QED) is 0.914. The van der Waals surface area contributed by atoms with E-state index in [1.807, 2.05) is 25.1 Å². The Balaban J connectivity index is 1.88. The summed E-state index contributed by atoms with van der Waals surface area (Å²) in [6.07, 6.45) is 1.94. The van der Waals surface area contributed by atoms with Crippen LogP contribution in [0.5, 0.6) is 5.75 Å². The van der Waals surface area contributed by atoms with E-state index in [9.17, 15) is 9.90 Å². The molecule has 1 aromatic carbocycles. The Labute approximate surface area is 127 Å². The zero-order chi connectivity index (χ0) is 14.5. The van der Waals surface area contributed by atoms with Crippen molar-refractivity contribution in [1.82, 2.24) is 4.90 Å². The minimum Gasteiger partial charge on any atom is -0.483 e. The van der Waals surface area contributed by atoms with Crippen LogP contribution in [0.4, 0.5) is 0 Å². The van der Waals surface area contributed by atoms with E-state index < -0.39 is 0 Å². The summed E-state index contributed by atoms with van der Waals surface area (Å²) in [4.78, 5) is 13.9. The second kappa shape index (κ2) is 7.09. The molecule has 1 unspecified atom stereocenters. The van der Waals surface area contributed by atoms with Gasteiger partial charge in [-0.2, -0.15) is 0 Å². The van der Waals surface area contributed by atoms with Gasteiger partial charge in [0.1, 0.15) is 5.75 Å². The third kappa shape index (κ3) is 3.96. The smallest absolute Gasteiger partial charge is 0.260 e. The molecule has 0 saturated carbocycles. The molecule has 0 radical (unpaired) electrons. The number of benzene rings is 1. The number of aliphatic hydroxyl groups excluding tert-OH is 1. The van der Waals surface area contributed by atoms with Gasteiger partial charge in [-0.15, -0.1) is 0 Å². The maximum absolute atomic E-state index is 12.1. The number of likely N-dealkylation sites (tertiary alicyclic amines) is 1. The lowest BCUT2D eigenvalue weighted by molar-refractivity contribution is -0.135. The van der Waals surface area contributed by atoms with Gasteiger partial charge in [-0.1, -0.05) is 6.07 Å². The summed E-state index contributed by atoms with van der Waals surface area (Å²) in [6, 6.07) is 5.77. The molecule has 1 fully saturated rings. The number of piperidine rings is 1. The molecular formula is C15H20BrNO3. The van der Waals surface area contributed by atoms with Crippen molar-refractivity contribution in [2.75, 3.05) is 26.3 Å². The minimum atomic E-state index is -0.0179. The highest BCUT2D eigenvalue weighted by Gasteiger charge is 2.23. The normalized spacial score (nSPS) is 18.9. The van der Waals surface area contributed by atoms with Crippen molar-refractivity contribution in [2.24, 2.45) is 5.92 Å². The number of amides is 1. The first kappa shape index (κ1) is 15.3. The Hall–Kier alpha value is -1.07. The maximum Gasteiger partial charge on any atom is 0.260 e. The first-order valence-electron chi connectivity index (χ1n) is 6.87. The number of rotatable bonds is 4. The maximum atomic E-state index is 12.1. The number of halogens is 1. The van der Waals surface area contributed by atoms with E-state index in [0.29, 0.717) is 12.3 Å². The molecule has 20 heavy (non-hydrogen) atoms. The molecule has 5 heteroatoms. The Morgan fingerprint density at radius 1 is 1.55 bits per heavy atom. The molecule has 0 spiro atoms. The second-order valence-electron chi connectivity index (χ2n) is 5.25. The van der Waals surface area contributed by atoms with Crippen LogP contribution in [-0.2, 0) is 4.79 Å². The molecule has 1 heterocycles. The van der Waals surface area contributed by atoms with Crippen molar-refractivity contribution in [3.05, 3.63) is 28.2 Å². The number of hydrogen-bond acceptors (Lipinski definition) is 3. The molecule has 110 valence electrons. The van der Waals surface area contributed by atoms with Crippen LogP contribution in [0, 0.1) is 12.8 Å². The highest BCUT2D eigenvalue weighted by Crippen LogP contribution is 2.26. The Morgan fingerprint density at radius 3 is 3.05 bits per heavy atom. The average molecular weight is 342 g/mol. The van der Waals surface area contributed by atoms with Gasteiger partial charge in [0, 0.05) is 19.7 Å².